The third-order valence-corrected chi connectivity index (χ3v) is 3.48. The summed E-state index contributed by atoms with van der Waals surface area (Å²) in [7, 11) is 0. The van der Waals surface area contributed by atoms with Crippen molar-refractivity contribution in [3.63, 3.8) is 0 Å². The summed E-state index contributed by atoms with van der Waals surface area (Å²) in [5.41, 5.74) is 1.40. The van der Waals surface area contributed by atoms with E-state index in [0.29, 0.717) is 15.4 Å². The summed E-state index contributed by atoms with van der Waals surface area (Å²) in [5, 5.41) is 0.495. The highest BCUT2D eigenvalue weighted by Gasteiger charge is 2.15. The van der Waals surface area contributed by atoms with E-state index >= 15 is 0 Å². The molecule has 19 heavy (non-hydrogen) atoms. The number of benzene rings is 1. The molecule has 1 rings (SSSR count). The molecule has 0 bridgehead atoms. The Labute approximate surface area is 126 Å². The van der Waals surface area contributed by atoms with Gasteiger partial charge in [0.15, 0.2) is 0 Å². The fourth-order valence-corrected chi connectivity index (χ4v) is 2.49. The van der Waals surface area contributed by atoms with Crippen molar-refractivity contribution < 1.29 is 23.0 Å². The summed E-state index contributed by atoms with van der Waals surface area (Å²) in [6, 6.07) is 3.06. The van der Waals surface area contributed by atoms with Crippen LogP contribution >= 0.6 is 31.9 Å². The molecule has 0 aliphatic heterocycles. The lowest BCUT2D eigenvalue weighted by Crippen LogP contribution is -2.10. The second-order valence-corrected chi connectivity index (χ2v) is 4.96. The van der Waals surface area contributed by atoms with Crippen LogP contribution in [0.25, 0.3) is 0 Å². The average molecular weight is 402 g/mol. The van der Waals surface area contributed by atoms with Gasteiger partial charge in [0.1, 0.15) is 5.75 Å². The lowest BCUT2D eigenvalue weighted by atomic mass is 10.1. The number of ether oxygens (including phenoxy) is 2. The molecule has 0 atom stereocenters. The topological polar surface area (TPSA) is 35.5 Å². The summed E-state index contributed by atoms with van der Waals surface area (Å²) in [4.78, 5) is 11.5. The number of hydrogen-bond donors (Lipinski definition) is 0. The zero-order chi connectivity index (χ0) is 14.4. The van der Waals surface area contributed by atoms with Gasteiger partial charge in [0.2, 0.25) is 0 Å². The van der Waals surface area contributed by atoms with Crippen LogP contribution in [0.5, 0.6) is 5.75 Å². The number of esters is 1. The van der Waals surface area contributed by atoms with E-state index in [1.165, 1.54) is 6.07 Å². The van der Waals surface area contributed by atoms with Gasteiger partial charge in [-0.05, 0) is 46.1 Å². The van der Waals surface area contributed by atoms with Crippen LogP contribution in [-0.4, -0.2) is 19.2 Å². The molecule has 0 radical (unpaired) electrons. The number of carbonyl (C=O) groups excluding carboxylic acids is 1. The van der Waals surface area contributed by atoms with E-state index in [9.17, 15) is 13.6 Å². The lowest BCUT2D eigenvalue weighted by Gasteiger charge is -2.12. The Hall–Kier alpha value is -0.690. The smallest absolute Gasteiger partial charge is 0.387 e. The number of hydrogen-bond acceptors (Lipinski definition) is 3. The fourth-order valence-electron chi connectivity index (χ4n) is 1.48. The summed E-state index contributed by atoms with van der Waals surface area (Å²) in [5.74, 6) is -0.408. The number of alkyl halides is 3. The van der Waals surface area contributed by atoms with Gasteiger partial charge >= 0.3 is 12.6 Å². The normalized spacial score (nSPS) is 10.6. The van der Waals surface area contributed by atoms with Crippen LogP contribution in [-0.2, 0) is 21.3 Å². The minimum absolute atomic E-state index is 0.000927. The zero-order valence-electron chi connectivity index (χ0n) is 10.1. The van der Waals surface area contributed by atoms with Gasteiger partial charge in [0, 0.05) is 5.33 Å². The maximum atomic E-state index is 12.3. The third kappa shape index (κ3) is 5.06. The van der Waals surface area contributed by atoms with Crippen molar-refractivity contribution in [1.82, 2.24) is 0 Å². The maximum absolute atomic E-state index is 12.3. The van der Waals surface area contributed by atoms with Crippen LogP contribution in [0.4, 0.5) is 8.78 Å². The Morgan fingerprint density at radius 3 is 2.58 bits per heavy atom. The highest BCUT2D eigenvalue weighted by atomic mass is 79.9. The summed E-state index contributed by atoms with van der Waals surface area (Å²) in [6.07, 6.45) is 0.0155. The Bertz CT molecular complexity index is 453. The van der Waals surface area contributed by atoms with E-state index in [-0.39, 0.29) is 18.8 Å². The third-order valence-electron chi connectivity index (χ3n) is 2.25. The van der Waals surface area contributed by atoms with E-state index in [0.717, 1.165) is 5.56 Å². The van der Waals surface area contributed by atoms with Crippen molar-refractivity contribution in [3.8, 4) is 5.75 Å². The van der Waals surface area contributed by atoms with E-state index in [2.05, 4.69) is 36.6 Å². The van der Waals surface area contributed by atoms with Crippen LogP contribution < -0.4 is 4.74 Å². The van der Waals surface area contributed by atoms with E-state index in [4.69, 9.17) is 4.74 Å². The number of rotatable bonds is 6. The highest BCUT2D eigenvalue weighted by Crippen LogP contribution is 2.31. The summed E-state index contributed by atoms with van der Waals surface area (Å²) in [6.45, 7) is -0.933. The molecule has 0 spiro atoms. The van der Waals surface area contributed by atoms with Crippen LogP contribution in [0, 0.1) is 0 Å². The maximum Gasteiger partial charge on any atom is 0.387 e. The van der Waals surface area contributed by atoms with Gasteiger partial charge in [0.25, 0.3) is 0 Å². The Kier molecular flexibility index (Phi) is 6.71. The first-order valence-electron chi connectivity index (χ1n) is 5.45. The van der Waals surface area contributed by atoms with E-state index in [1.54, 1.807) is 13.0 Å². The Morgan fingerprint density at radius 1 is 1.37 bits per heavy atom. The molecule has 1 aromatic carbocycles. The first-order valence-corrected chi connectivity index (χ1v) is 7.37. The lowest BCUT2D eigenvalue weighted by molar-refractivity contribution is -0.142. The molecule has 0 fully saturated rings. The molecule has 106 valence electrons. The fraction of sp³-hybridized carbons (Fsp3) is 0.417. The van der Waals surface area contributed by atoms with Crippen molar-refractivity contribution in [2.24, 2.45) is 0 Å². The van der Waals surface area contributed by atoms with Gasteiger partial charge in [-0.15, -0.1) is 0 Å². The molecule has 3 nitrogen and oxygen atoms in total. The minimum atomic E-state index is -2.92. The van der Waals surface area contributed by atoms with Crippen molar-refractivity contribution in [2.45, 2.75) is 25.3 Å². The molecule has 0 aromatic heterocycles. The summed E-state index contributed by atoms with van der Waals surface area (Å²) < 4.78 is 34.1. The minimum Gasteiger partial charge on any atom is -0.466 e. The monoisotopic (exact) mass is 400 g/mol. The van der Waals surface area contributed by atoms with Crippen LogP contribution in [0.15, 0.2) is 16.6 Å². The van der Waals surface area contributed by atoms with Crippen molar-refractivity contribution in [1.29, 1.82) is 0 Å². The molecule has 7 heteroatoms. The van der Waals surface area contributed by atoms with Gasteiger partial charge < -0.3 is 9.47 Å². The molecular formula is C12H12Br2F2O3. The van der Waals surface area contributed by atoms with Gasteiger partial charge in [-0.3, -0.25) is 4.79 Å². The molecule has 0 heterocycles. The van der Waals surface area contributed by atoms with Crippen LogP contribution in [0.1, 0.15) is 18.1 Å². The van der Waals surface area contributed by atoms with Gasteiger partial charge in [-0.2, -0.15) is 8.78 Å². The van der Waals surface area contributed by atoms with Crippen molar-refractivity contribution in [3.05, 3.63) is 27.7 Å². The number of carbonyl (C=O) groups is 1. The summed E-state index contributed by atoms with van der Waals surface area (Å²) >= 11 is 6.44. The first kappa shape index (κ1) is 16.4. The predicted octanol–water partition coefficient (Wildman–Crippen LogP) is 4.05. The second kappa shape index (κ2) is 7.79. The second-order valence-electron chi connectivity index (χ2n) is 3.55. The average Bonchev–Trinajstić information content (AvgIpc) is 2.32. The SMILES string of the molecule is CCOC(=O)Cc1cc(OC(F)F)c(Br)cc1CBr. The zero-order valence-corrected chi connectivity index (χ0v) is 13.3. The quantitative estimate of drug-likeness (QED) is 0.532. The van der Waals surface area contributed by atoms with Gasteiger partial charge in [-0.25, -0.2) is 0 Å². The first-order chi connectivity index (χ1) is 8.97. The molecule has 0 unspecified atom stereocenters. The van der Waals surface area contributed by atoms with Crippen LogP contribution in [0.3, 0.4) is 0 Å². The van der Waals surface area contributed by atoms with E-state index < -0.39 is 12.6 Å². The van der Waals surface area contributed by atoms with Crippen LogP contribution in [0.2, 0.25) is 0 Å². The van der Waals surface area contributed by atoms with Gasteiger partial charge in [-0.1, -0.05) is 15.9 Å². The molecule has 0 saturated heterocycles. The molecule has 0 aliphatic rings. The van der Waals surface area contributed by atoms with Crippen molar-refractivity contribution in [2.75, 3.05) is 6.61 Å². The molecular weight excluding hydrogens is 390 g/mol. The van der Waals surface area contributed by atoms with Crippen molar-refractivity contribution >= 4 is 37.8 Å². The Morgan fingerprint density at radius 2 is 2.05 bits per heavy atom. The molecule has 0 aliphatic carbocycles. The molecule has 0 N–H and O–H groups in total. The molecule has 0 saturated carbocycles. The Balaban J connectivity index is 3.02. The number of halogens is 4. The standard InChI is InChI=1S/C12H12Br2F2O3/c1-2-18-11(17)5-7-4-10(19-12(15)16)9(14)3-8(7)6-13/h3-4,12H,2,5-6H2,1H3. The predicted molar refractivity (Wildman–Crippen MR) is 73.7 cm³/mol. The highest BCUT2D eigenvalue weighted by molar-refractivity contribution is 9.10. The molecule has 0 amide bonds. The largest absolute Gasteiger partial charge is 0.466 e. The van der Waals surface area contributed by atoms with Gasteiger partial charge in [0.05, 0.1) is 17.5 Å². The molecule has 1 aromatic rings. The van der Waals surface area contributed by atoms with E-state index in [1.807, 2.05) is 0 Å².